The zero-order valence-corrected chi connectivity index (χ0v) is 15.6. The molecule has 7 heteroatoms. The Labute approximate surface area is 162 Å². The van der Waals surface area contributed by atoms with Gasteiger partial charge in [0, 0.05) is 23.7 Å². The normalized spacial score (nSPS) is 15.5. The van der Waals surface area contributed by atoms with Crippen LogP contribution < -0.4 is 0 Å². The van der Waals surface area contributed by atoms with E-state index < -0.39 is 6.04 Å². The minimum Gasteiger partial charge on any atom is -0.340 e. The van der Waals surface area contributed by atoms with Crippen LogP contribution in [0.5, 0.6) is 0 Å². The Morgan fingerprint density at radius 3 is 2.52 bits per heavy atom. The van der Waals surface area contributed by atoms with Crippen LogP contribution in [0.25, 0.3) is 11.4 Å². The predicted molar refractivity (Wildman–Crippen MR) is 103 cm³/mol. The van der Waals surface area contributed by atoms with E-state index in [0.29, 0.717) is 10.8 Å². The lowest BCUT2D eigenvalue weighted by molar-refractivity contribution is -0.135. The number of benzene rings is 2. The maximum absolute atomic E-state index is 13.3. The second-order valence-electron chi connectivity index (χ2n) is 6.64. The van der Waals surface area contributed by atoms with Gasteiger partial charge in [0.15, 0.2) is 6.04 Å². The van der Waals surface area contributed by atoms with Crippen LogP contribution in [0, 0.1) is 0 Å². The van der Waals surface area contributed by atoms with E-state index in [9.17, 15) is 4.79 Å². The molecule has 1 atom stereocenters. The van der Waals surface area contributed by atoms with E-state index in [1.165, 1.54) is 11.2 Å². The lowest BCUT2D eigenvalue weighted by atomic mass is 10.0. The summed E-state index contributed by atoms with van der Waals surface area (Å²) in [6.07, 6.45) is 3.23. The van der Waals surface area contributed by atoms with Gasteiger partial charge in [0.2, 0.25) is 5.82 Å². The summed E-state index contributed by atoms with van der Waals surface area (Å²) in [6, 6.07) is 16.3. The Bertz CT molecular complexity index is 921. The van der Waals surface area contributed by atoms with E-state index in [4.69, 9.17) is 11.6 Å². The predicted octanol–water partition coefficient (Wildman–Crippen LogP) is 3.60. The second-order valence-corrected chi connectivity index (χ2v) is 7.08. The average molecular weight is 382 g/mol. The molecule has 1 aliphatic rings. The number of hydrogen-bond acceptors (Lipinski definition) is 4. The van der Waals surface area contributed by atoms with E-state index in [1.54, 1.807) is 12.1 Å². The fourth-order valence-corrected chi connectivity index (χ4v) is 3.57. The molecule has 0 saturated carbocycles. The van der Waals surface area contributed by atoms with E-state index in [1.807, 2.05) is 47.4 Å². The van der Waals surface area contributed by atoms with Crippen LogP contribution in [-0.4, -0.2) is 44.1 Å². The third-order valence-corrected chi connectivity index (χ3v) is 4.99. The Morgan fingerprint density at radius 2 is 1.78 bits per heavy atom. The highest BCUT2D eigenvalue weighted by Gasteiger charge is 2.30. The Morgan fingerprint density at radius 1 is 1.00 bits per heavy atom. The number of halogens is 1. The summed E-state index contributed by atoms with van der Waals surface area (Å²) in [5, 5.41) is 13.5. The molecule has 1 aromatic heterocycles. The molecule has 0 spiro atoms. The summed E-state index contributed by atoms with van der Waals surface area (Å²) >= 11 is 6.07. The van der Waals surface area contributed by atoms with Crippen molar-refractivity contribution < 1.29 is 4.79 Å². The van der Waals surface area contributed by atoms with Gasteiger partial charge in [0.1, 0.15) is 0 Å². The quantitative estimate of drug-likeness (QED) is 0.692. The number of rotatable bonds is 4. The molecular formula is C20H20ClN5O. The van der Waals surface area contributed by atoms with Gasteiger partial charge in [0.25, 0.3) is 5.91 Å². The molecule has 0 N–H and O–H groups in total. The van der Waals surface area contributed by atoms with Gasteiger partial charge in [-0.15, -0.1) is 15.0 Å². The summed E-state index contributed by atoms with van der Waals surface area (Å²) in [5.74, 6) is 0.459. The SMILES string of the molecule is O=C([C@@H](c1ccccc1)n1nnc(-c2cccc(Cl)c2)n1)N1CCCCC1. The van der Waals surface area contributed by atoms with Gasteiger partial charge in [0.05, 0.1) is 0 Å². The number of amides is 1. The Balaban J connectivity index is 1.70. The first kappa shape index (κ1) is 17.7. The van der Waals surface area contributed by atoms with Crippen LogP contribution in [0.1, 0.15) is 30.9 Å². The number of carbonyl (C=O) groups is 1. The van der Waals surface area contributed by atoms with E-state index in [-0.39, 0.29) is 5.91 Å². The number of nitrogens with zero attached hydrogens (tertiary/aromatic N) is 5. The lowest BCUT2D eigenvalue weighted by Crippen LogP contribution is -2.41. The smallest absolute Gasteiger partial charge is 0.254 e. The summed E-state index contributed by atoms with van der Waals surface area (Å²) in [5.41, 5.74) is 1.62. The van der Waals surface area contributed by atoms with Crippen LogP contribution in [0.3, 0.4) is 0 Å². The maximum Gasteiger partial charge on any atom is 0.254 e. The standard InChI is InChI=1S/C20H20ClN5O/c21-17-11-7-10-16(14-17)19-22-24-26(23-19)18(15-8-3-1-4-9-15)20(27)25-12-5-2-6-13-25/h1,3-4,7-11,14,18H,2,5-6,12-13H2/t18-/m1/s1. The minimum atomic E-state index is -0.621. The summed E-state index contributed by atoms with van der Waals surface area (Å²) in [7, 11) is 0. The van der Waals surface area contributed by atoms with Crippen molar-refractivity contribution in [1.82, 2.24) is 25.1 Å². The van der Waals surface area contributed by atoms with E-state index in [0.717, 1.165) is 37.1 Å². The first-order chi connectivity index (χ1) is 13.2. The zero-order valence-electron chi connectivity index (χ0n) is 14.8. The van der Waals surface area contributed by atoms with Crippen LogP contribution in [-0.2, 0) is 4.79 Å². The molecule has 27 heavy (non-hydrogen) atoms. The molecule has 0 aliphatic carbocycles. The number of carbonyl (C=O) groups excluding carboxylic acids is 1. The molecule has 6 nitrogen and oxygen atoms in total. The van der Waals surface area contributed by atoms with Crippen LogP contribution in [0.15, 0.2) is 54.6 Å². The Hall–Kier alpha value is -2.73. The highest BCUT2D eigenvalue weighted by Crippen LogP contribution is 2.24. The van der Waals surface area contributed by atoms with Crippen molar-refractivity contribution in [2.24, 2.45) is 0 Å². The molecule has 1 saturated heterocycles. The van der Waals surface area contributed by atoms with Crippen LogP contribution >= 0.6 is 11.6 Å². The third kappa shape index (κ3) is 3.85. The van der Waals surface area contributed by atoms with Crippen molar-refractivity contribution >= 4 is 17.5 Å². The van der Waals surface area contributed by atoms with Crippen molar-refractivity contribution in [3.8, 4) is 11.4 Å². The fourth-order valence-electron chi connectivity index (χ4n) is 3.37. The highest BCUT2D eigenvalue weighted by molar-refractivity contribution is 6.30. The van der Waals surface area contributed by atoms with E-state index >= 15 is 0 Å². The summed E-state index contributed by atoms with van der Waals surface area (Å²) < 4.78 is 0. The van der Waals surface area contributed by atoms with Crippen LogP contribution in [0.2, 0.25) is 5.02 Å². The van der Waals surface area contributed by atoms with Gasteiger partial charge in [-0.05, 0) is 42.2 Å². The second kappa shape index (κ2) is 7.88. The molecular weight excluding hydrogens is 362 g/mol. The number of likely N-dealkylation sites (tertiary alicyclic amines) is 1. The minimum absolute atomic E-state index is 0.0101. The molecule has 138 valence electrons. The molecule has 1 fully saturated rings. The van der Waals surface area contributed by atoms with Gasteiger partial charge < -0.3 is 4.90 Å². The van der Waals surface area contributed by atoms with Crippen LogP contribution in [0.4, 0.5) is 0 Å². The highest BCUT2D eigenvalue weighted by atomic mass is 35.5. The van der Waals surface area contributed by atoms with Crippen molar-refractivity contribution in [2.45, 2.75) is 25.3 Å². The largest absolute Gasteiger partial charge is 0.340 e. The first-order valence-corrected chi connectivity index (χ1v) is 9.49. The van der Waals surface area contributed by atoms with Crippen molar-refractivity contribution in [3.63, 3.8) is 0 Å². The van der Waals surface area contributed by atoms with Crippen molar-refractivity contribution in [2.75, 3.05) is 13.1 Å². The molecule has 1 amide bonds. The number of tetrazole rings is 1. The van der Waals surface area contributed by atoms with Gasteiger partial charge in [-0.2, -0.15) is 0 Å². The topological polar surface area (TPSA) is 63.9 Å². The molecule has 2 aromatic carbocycles. The maximum atomic E-state index is 13.3. The number of aromatic nitrogens is 4. The lowest BCUT2D eigenvalue weighted by Gasteiger charge is -2.30. The molecule has 2 heterocycles. The monoisotopic (exact) mass is 381 g/mol. The molecule has 0 bridgehead atoms. The summed E-state index contributed by atoms with van der Waals surface area (Å²) in [4.78, 5) is 16.6. The molecule has 3 aromatic rings. The van der Waals surface area contributed by atoms with E-state index in [2.05, 4.69) is 15.4 Å². The van der Waals surface area contributed by atoms with Gasteiger partial charge in [-0.1, -0.05) is 54.1 Å². The van der Waals surface area contributed by atoms with Gasteiger partial charge in [-0.25, -0.2) is 0 Å². The third-order valence-electron chi connectivity index (χ3n) is 4.76. The summed E-state index contributed by atoms with van der Waals surface area (Å²) in [6.45, 7) is 1.55. The van der Waals surface area contributed by atoms with Gasteiger partial charge >= 0.3 is 0 Å². The number of piperidine rings is 1. The van der Waals surface area contributed by atoms with Gasteiger partial charge in [-0.3, -0.25) is 4.79 Å². The van der Waals surface area contributed by atoms with Crippen molar-refractivity contribution in [1.29, 1.82) is 0 Å². The van der Waals surface area contributed by atoms with Crippen molar-refractivity contribution in [3.05, 3.63) is 65.2 Å². The average Bonchev–Trinajstić information content (AvgIpc) is 3.19. The molecule has 1 aliphatic heterocycles. The number of hydrogen-bond donors (Lipinski definition) is 0. The fraction of sp³-hybridized carbons (Fsp3) is 0.300. The first-order valence-electron chi connectivity index (χ1n) is 9.11. The molecule has 0 radical (unpaired) electrons. The zero-order chi connectivity index (χ0) is 18.6. The molecule has 4 rings (SSSR count). The molecule has 0 unspecified atom stereocenters. The Kier molecular flexibility index (Phi) is 5.16.